The maximum Gasteiger partial charge on any atom is 0.343 e. The molecule has 19 heavy (non-hydrogen) atoms. The van der Waals surface area contributed by atoms with E-state index in [-0.39, 0.29) is 21.8 Å². The van der Waals surface area contributed by atoms with Crippen LogP contribution in [-0.4, -0.2) is 29.7 Å². The van der Waals surface area contributed by atoms with E-state index in [1.807, 2.05) is 0 Å². The van der Waals surface area contributed by atoms with E-state index in [1.165, 1.54) is 4.57 Å². The van der Waals surface area contributed by atoms with Crippen LogP contribution in [0.25, 0.3) is 0 Å². The molecule has 100 valence electrons. The summed E-state index contributed by atoms with van der Waals surface area (Å²) in [5.74, 6) is -0.0889. The summed E-state index contributed by atoms with van der Waals surface area (Å²) in [4.78, 5) is 29.0. The highest BCUT2D eigenvalue weighted by atomic mass is 32.2. The fourth-order valence-corrected chi connectivity index (χ4v) is 2.28. The van der Waals surface area contributed by atoms with Gasteiger partial charge in [-0.05, 0) is 18.7 Å². The minimum absolute atomic E-state index is 0.0335. The van der Waals surface area contributed by atoms with Gasteiger partial charge in [0.1, 0.15) is 6.20 Å². The van der Waals surface area contributed by atoms with E-state index in [0.717, 1.165) is 18.0 Å². The predicted octanol–water partition coefficient (Wildman–Crippen LogP) is 0.0229. The van der Waals surface area contributed by atoms with Crippen LogP contribution in [0.5, 0.6) is 0 Å². The zero-order valence-electron chi connectivity index (χ0n) is 9.73. The first-order chi connectivity index (χ1) is 9.02. The Hall–Kier alpha value is -2.43. The molecule has 0 spiro atoms. The summed E-state index contributed by atoms with van der Waals surface area (Å²) in [6.45, 7) is 2.13. The number of aromatic nitrogens is 5. The van der Waals surface area contributed by atoms with Gasteiger partial charge in [-0.25, -0.2) is 14.9 Å². The second-order valence-electron chi connectivity index (χ2n) is 3.33. The lowest BCUT2D eigenvalue weighted by Gasteiger charge is -2.02. The van der Waals surface area contributed by atoms with Crippen molar-refractivity contribution >= 4 is 23.4 Å². The van der Waals surface area contributed by atoms with Crippen molar-refractivity contribution in [2.24, 2.45) is 0 Å². The molecule has 0 bridgehead atoms. The van der Waals surface area contributed by atoms with Crippen LogP contribution in [0.1, 0.15) is 6.92 Å². The van der Waals surface area contributed by atoms with E-state index < -0.39 is 10.6 Å². The van der Waals surface area contributed by atoms with Gasteiger partial charge in [-0.15, -0.1) is 5.10 Å². The number of nitrogens with zero attached hydrogens (tertiary/aromatic N) is 5. The first kappa shape index (κ1) is 13.0. The third-order valence-corrected chi connectivity index (χ3v) is 3.17. The zero-order chi connectivity index (χ0) is 14.0. The highest BCUT2D eigenvalue weighted by Crippen LogP contribution is 2.31. The summed E-state index contributed by atoms with van der Waals surface area (Å²) in [6.07, 6.45) is 1.02. The number of nitro groups is 1. The molecular weight excluding hydrogens is 274 g/mol. The first-order valence-corrected chi connectivity index (χ1v) is 5.94. The number of H-pyrrole nitrogens is 1. The number of rotatable bonds is 4. The summed E-state index contributed by atoms with van der Waals surface area (Å²) in [5.41, 5.74) is 4.71. The quantitative estimate of drug-likeness (QED) is 0.453. The first-order valence-electron chi connectivity index (χ1n) is 5.13. The van der Waals surface area contributed by atoms with E-state index in [2.05, 4.69) is 20.2 Å². The second-order valence-corrected chi connectivity index (χ2v) is 4.29. The lowest BCUT2D eigenvalue weighted by atomic mass is 10.5. The fourth-order valence-electron chi connectivity index (χ4n) is 1.32. The maximum absolute atomic E-state index is 11.4. The van der Waals surface area contributed by atoms with E-state index in [9.17, 15) is 14.9 Å². The van der Waals surface area contributed by atoms with Crippen molar-refractivity contribution in [3.8, 4) is 0 Å². The van der Waals surface area contributed by atoms with Crippen molar-refractivity contribution < 1.29 is 4.92 Å². The van der Waals surface area contributed by atoms with Crippen LogP contribution in [0.3, 0.4) is 0 Å². The topological polar surface area (TPSA) is 146 Å². The lowest BCUT2D eigenvalue weighted by molar-refractivity contribution is -0.388. The summed E-state index contributed by atoms with van der Waals surface area (Å²) >= 11 is 0.877. The SMILES string of the molecule is CCn1c(Sc2nc(N)ncc2[N+](=O)[O-])n[nH]c1=O. The van der Waals surface area contributed by atoms with Crippen LogP contribution < -0.4 is 11.4 Å². The molecule has 0 radical (unpaired) electrons. The number of hydrogen-bond acceptors (Lipinski definition) is 8. The third-order valence-electron chi connectivity index (χ3n) is 2.18. The highest BCUT2D eigenvalue weighted by Gasteiger charge is 2.20. The Balaban J connectivity index is 2.45. The van der Waals surface area contributed by atoms with Gasteiger partial charge in [0, 0.05) is 6.54 Å². The molecule has 0 fully saturated rings. The van der Waals surface area contributed by atoms with Crippen LogP contribution >= 0.6 is 11.8 Å². The molecule has 10 nitrogen and oxygen atoms in total. The van der Waals surface area contributed by atoms with E-state index in [0.29, 0.717) is 6.54 Å². The highest BCUT2D eigenvalue weighted by molar-refractivity contribution is 7.99. The minimum Gasteiger partial charge on any atom is -0.368 e. The lowest BCUT2D eigenvalue weighted by Crippen LogP contribution is -2.16. The number of hydrogen-bond donors (Lipinski definition) is 2. The molecule has 3 N–H and O–H groups in total. The van der Waals surface area contributed by atoms with Gasteiger partial charge >= 0.3 is 11.4 Å². The van der Waals surface area contributed by atoms with Crippen molar-refractivity contribution in [2.45, 2.75) is 23.7 Å². The van der Waals surface area contributed by atoms with Crippen LogP contribution in [-0.2, 0) is 6.54 Å². The Bertz CT molecular complexity index is 679. The molecule has 11 heteroatoms. The molecule has 0 saturated carbocycles. The fraction of sp³-hybridized carbons (Fsp3) is 0.250. The van der Waals surface area contributed by atoms with Crippen molar-refractivity contribution in [3.63, 3.8) is 0 Å². The van der Waals surface area contributed by atoms with Gasteiger partial charge in [0.05, 0.1) is 4.92 Å². The molecule has 2 rings (SSSR count). The molecule has 0 saturated heterocycles. The van der Waals surface area contributed by atoms with Gasteiger partial charge in [0.15, 0.2) is 10.2 Å². The molecule has 0 atom stereocenters. The van der Waals surface area contributed by atoms with E-state index >= 15 is 0 Å². The summed E-state index contributed by atoms with van der Waals surface area (Å²) in [5, 5.41) is 17.2. The number of nitrogens with one attached hydrogen (secondary N) is 1. The molecule has 2 aromatic heterocycles. The largest absolute Gasteiger partial charge is 0.368 e. The molecular formula is C8H9N7O3S. The maximum atomic E-state index is 11.4. The molecule has 0 aliphatic heterocycles. The molecule has 2 aromatic rings. The zero-order valence-corrected chi connectivity index (χ0v) is 10.5. The van der Waals surface area contributed by atoms with Gasteiger partial charge in [0.2, 0.25) is 5.95 Å². The predicted molar refractivity (Wildman–Crippen MR) is 65.7 cm³/mol. The molecule has 0 unspecified atom stereocenters. The van der Waals surface area contributed by atoms with Crippen molar-refractivity contribution in [3.05, 3.63) is 26.8 Å². The number of nitrogens with two attached hydrogens (primary N) is 1. The van der Waals surface area contributed by atoms with Gasteiger partial charge in [-0.1, -0.05) is 0 Å². The van der Waals surface area contributed by atoms with Gasteiger partial charge in [0.25, 0.3) is 0 Å². The Kier molecular flexibility index (Phi) is 3.46. The average Bonchev–Trinajstić information content (AvgIpc) is 2.69. The standard InChI is InChI=1S/C8H9N7O3S/c1-2-14-7(16)12-13-8(14)19-5-4(15(17)18)3-10-6(9)11-5/h3H,2H2,1H3,(H,12,16)(H2,9,10,11). The second kappa shape index (κ2) is 5.06. The number of anilines is 1. The van der Waals surface area contributed by atoms with Crippen LogP contribution in [0, 0.1) is 10.1 Å². The monoisotopic (exact) mass is 283 g/mol. The smallest absolute Gasteiger partial charge is 0.343 e. The molecule has 0 aromatic carbocycles. The van der Waals surface area contributed by atoms with Crippen LogP contribution in [0.2, 0.25) is 0 Å². The molecule has 0 amide bonds. The minimum atomic E-state index is -0.622. The Morgan fingerprint density at radius 3 is 3.00 bits per heavy atom. The van der Waals surface area contributed by atoms with Crippen molar-refractivity contribution in [1.82, 2.24) is 24.7 Å². The Labute approximate surface area is 110 Å². The van der Waals surface area contributed by atoms with Crippen LogP contribution in [0.4, 0.5) is 11.6 Å². The van der Waals surface area contributed by atoms with E-state index in [1.54, 1.807) is 6.92 Å². The number of nitrogen functional groups attached to an aromatic ring is 1. The third kappa shape index (κ3) is 2.54. The summed E-state index contributed by atoms with van der Waals surface area (Å²) < 4.78 is 1.33. The Morgan fingerprint density at radius 2 is 2.37 bits per heavy atom. The average molecular weight is 283 g/mol. The van der Waals surface area contributed by atoms with E-state index in [4.69, 9.17) is 5.73 Å². The van der Waals surface area contributed by atoms with Gasteiger partial charge in [-0.3, -0.25) is 14.7 Å². The summed E-state index contributed by atoms with van der Waals surface area (Å²) in [6, 6.07) is 0. The Morgan fingerprint density at radius 1 is 1.63 bits per heavy atom. The van der Waals surface area contributed by atoms with Crippen molar-refractivity contribution in [1.29, 1.82) is 0 Å². The number of aromatic amines is 1. The normalized spacial score (nSPS) is 10.6. The van der Waals surface area contributed by atoms with Crippen molar-refractivity contribution in [2.75, 3.05) is 5.73 Å². The molecule has 2 heterocycles. The molecule has 0 aliphatic carbocycles. The molecule has 0 aliphatic rings. The van der Waals surface area contributed by atoms with Gasteiger partial charge < -0.3 is 5.73 Å². The summed E-state index contributed by atoms with van der Waals surface area (Å²) in [7, 11) is 0. The van der Waals surface area contributed by atoms with Crippen LogP contribution in [0.15, 0.2) is 21.2 Å². The van der Waals surface area contributed by atoms with Gasteiger partial charge in [-0.2, -0.15) is 4.98 Å².